The number of amides is 1. The van der Waals surface area contributed by atoms with E-state index in [1.165, 1.54) is 31.4 Å². The molecule has 0 fully saturated rings. The van der Waals surface area contributed by atoms with E-state index in [-0.39, 0.29) is 18.1 Å². The van der Waals surface area contributed by atoms with Crippen LogP contribution in [0.25, 0.3) is 6.08 Å². The monoisotopic (exact) mass is 423 g/mol. The Morgan fingerprint density at radius 3 is 2.37 bits per heavy atom. The van der Waals surface area contributed by atoms with E-state index in [0.717, 1.165) is 12.1 Å². The molecule has 0 heterocycles. The molecule has 2 rings (SSSR count). The topological polar surface area (TPSA) is 73.9 Å². The fourth-order valence-corrected chi connectivity index (χ4v) is 2.39. The van der Waals surface area contributed by atoms with Crippen LogP contribution in [0.4, 0.5) is 13.2 Å². The SMILES string of the molecule is CCNC(=O)COc1ccc(/C=C/C(=O)c2ccc(OC(F)(F)F)cc2)cc1OC. The largest absolute Gasteiger partial charge is 0.573 e. The van der Waals surface area contributed by atoms with Gasteiger partial charge in [-0.15, -0.1) is 13.2 Å². The molecule has 0 aromatic heterocycles. The van der Waals surface area contributed by atoms with Crippen LogP contribution in [0.2, 0.25) is 0 Å². The first-order chi connectivity index (χ1) is 14.2. The van der Waals surface area contributed by atoms with Crippen LogP contribution in [-0.4, -0.2) is 38.3 Å². The minimum absolute atomic E-state index is 0.161. The van der Waals surface area contributed by atoms with Crippen molar-refractivity contribution >= 4 is 17.8 Å². The van der Waals surface area contributed by atoms with Gasteiger partial charge in [0.25, 0.3) is 5.91 Å². The standard InChI is InChI=1S/C21H20F3NO5/c1-3-25-20(27)13-29-18-11-5-14(12-19(18)28-2)4-10-17(26)15-6-8-16(9-7-15)30-21(22,23)24/h4-12H,3,13H2,1-2H3,(H,25,27)/b10-4+. The van der Waals surface area contributed by atoms with Crippen molar-refractivity contribution in [1.29, 1.82) is 0 Å². The first kappa shape index (κ1) is 22.8. The maximum absolute atomic E-state index is 12.2. The summed E-state index contributed by atoms with van der Waals surface area (Å²) in [6.45, 7) is 2.13. The summed E-state index contributed by atoms with van der Waals surface area (Å²) in [6, 6.07) is 9.51. The van der Waals surface area contributed by atoms with Crippen molar-refractivity contribution < 1.29 is 37.0 Å². The Hall–Kier alpha value is -3.49. The zero-order chi connectivity index (χ0) is 22.1. The third-order valence-corrected chi connectivity index (χ3v) is 3.72. The van der Waals surface area contributed by atoms with E-state index in [9.17, 15) is 22.8 Å². The van der Waals surface area contributed by atoms with Gasteiger partial charge in [0, 0.05) is 12.1 Å². The Bertz CT molecular complexity index is 908. The lowest BCUT2D eigenvalue weighted by Crippen LogP contribution is -2.28. The number of methoxy groups -OCH3 is 1. The van der Waals surface area contributed by atoms with Gasteiger partial charge < -0.3 is 19.5 Å². The molecular weight excluding hydrogens is 403 g/mol. The third-order valence-electron chi connectivity index (χ3n) is 3.72. The van der Waals surface area contributed by atoms with E-state index < -0.39 is 17.9 Å². The summed E-state index contributed by atoms with van der Waals surface area (Å²) < 4.78 is 51.0. The smallest absolute Gasteiger partial charge is 0.493 e. The number of halogens is 3. The number of nitrogens with one attached hydrogen (secondary N) is 1. The Balaban J connectivity index is 2.04. The van der Waals surface area contributed by atoms with Gasteiger partial charge in [0.1, 0.15) is 5.75 Å². The zero-order valence-corrected chi connectivity index (χ0v) is 16.3. The number of carbonyl (C=O) groups is 2. The highest BCUT2D eigenvalue weighted by Gasteiger charge is 2.31. The predicted octanol–water partition coefficient (Wildman–Crippen LogP) is 4.00. The highest BCUT2D eigenvalue weighted by Crippen LogP contribution is 2.28. The molecule has 9 heteroatoms. The fraction of sp³-hybridized carbons (Fsp3) is 0.238. The van der Waals surface area contributed by atoms with Crippen molar-refractivity contribution in [3.63, 3.8) is 0 Å². The first-order valence-corrected chi connectivity index (χ1v) is 8.87. The second-order valence-corrected chi connectivity index (χ2v) is 5.92. The normalized spacial score (nSPS) is 11.2. The summed E-state index contributed by atoms with van der Waals surface area (Å²) in [5, 5.41) is 2.61. The van der Waals surface area contributed by atoms with E-state index in [1.54, 1.807) is 25.1 Å². The molecule has 30 heavy (non-hydrogen) atoms. The number of carbonyl (C=O) groups excluding carboxylic acids is 2. The molecule has 0 saturated heterocycles. The van der Waals surface area contributed by atoms with E-state index in [4.69, 9.17) is 9.47 Å². The molecule has 0 aliphatic rings. The molecule has 6 nitrogen and oxygen atoms in total. The third kappa shape index (κ3) is 7.16. The highest BCUT2D eigenvalue weighted by atomic mass is 19.4. The number of ether oxygens (including phenoxy) is 3. The van der Waals surface area contributed by atoms with Gasteiger partial charge in [-0.1, -0.05) is 12.1 Å². The van der Waals surface area contributed by atoms with E-state index in [0.29, 0.717) is 23.6 Å². The fourth-order valence-electron chi connectivity index (χ4n) is 2.39. The average molecular weight is 423 g/mol. The molecule has 0 aliphatic carbocycles. The summed E-state index contributed by atoms with van der Waals surface area (Å²) in [7, 11) is 1.44. The molecular formula is C21H20F3NO5. The van der Waals surface area contributed by atoms with Gasteiger partial charge in [-0.3, -0.25) is 9.59 Å². The molecule has 2 aromatic carbocycles. The van der Waals surface area contributed by atoms with Crippen LogP contribution in [0.3, 0.4) is 0 Å². The van der Waals surface area contributed by atoms with Crippen LogP contribution in [0.5, 0.6) is 17.2 Å². The van der Waals surface area contributed by atoms with Gasteiger partial charge >= 0.3 is 6.36 Å². The second kappa shape index (κ2) is 10.3. The Kier molecular flexibility index (Phi) is 7.85. The minimum Gasteiger partial charge on any atom is -0.493 e. The molecule has 0 aliphatic heterocycles. The van der Waals surface area contributed by atoms with Crippen LogP contribution >= 0.6 is 0 Å². The molecule has 0 atom stereocenters. The number of benzene rings is 2. The molecule has 160 valence electrons. The summed E-state index contributed by atoms with van der Waals surface area (Å²) in [4.78, 5) is 23.7. The Morgan fingerprint density at radius 2 is 1.77 bits per heavy atom. The van der Waals surface area contributed by atoms with Gasteiger partial charge in [0.15, 0.2) is 23.9 Å². The lowest BCUT2D eigenvalue weighted by Gasteiger charge is -2.11. The molecule has 1 N–H and O–H groups in total. The second-order valence-electron chi connectivity index (χ2n) is 5.92. The van der Waals surface area contributed by atoms with Gasteiger partial charge in [-0.2, -0.15) is 0 Å². The number of hydrogen-bond donors (Lipinski definition) is 1. The number of rotatable bonds is 9. The summed E-state index contributed by atoms with van der Waals surface area (Å²) in [5.74, 6) is -0.323. The molecule has 1 amide bonds. The van der Waals surface area contributed by atoms with Crippen LogP contribution in [-0.2, 0) is 4.79 Å². The Morgan fingerprint density at radius 1 is 1.07 bits per heavy atom. The first-order valence-electron chi connectivity index (χ1n) is 8.87. The average Bonchev–Trinajstić information content (AvgIpc) is 2.70. The number of ketones is 1. The number of likely N-dealkylation sites (N-methyl/N-ethyl adjacent to an activating group) is 1. The maximum atomic E-state index is 12.2. The molecule has 0 spiro atoms. The van der Waals surface area contributed by atoms with E-state index in [2.05, 4.69) is 10.1 Å². The quantitative estimate of drug-likeness (QED) is 0.488. The van der Waals surface area contributed by atoms with Crippen LogP contribution in [0.15, 0.2) is 48.5 Å². The van der Waals surface area contributed by atoms with Crippen LogP contribution < -0.4 is 19.5 Å². The molecule has 2 aromatic rings. The van der Waals surface area contributed by atoms with Crippen molar-refractivity contribution in [2.75, 3.05) is 20.3 Å². The van der Waals surface area contributed by atoms with Gasteiger partial charge in [0.05, 0.1) is 7.11 Å². The van der Waals surface area contributed by atoms with Gasteiger partial charge in [-0.05, 0) is 55.0 Å². The number of allylic oxidation sites excluding steroid dienone is 1. The van der Waals surface area contributed by atoms with Crippen LogP contribution in [0.1, 0.15) is 22.8 Å². The van der Waals surface area contributed by atoms with Crippen molar-refractivity contribution in [2.45, 2.75) is 13.3 Å². The van der Waals surface area contributed by atoms with Crippen molar-refractivity contribution in [3.8, 4) is 17.2 Å². The summed E-state index contributed by atoms with van der Waals surface area (Å²) in [5.41, 5.74) is 0.831. The molecule has 0 radical (unpaired) electrons. The molecule has 0 saturated carbocycles. The summed E-state index contributed by atoms with van der Waals surface area (Å²) >= 11 is 0. The summed E-state index contributed by atoms with van der Waals surface area (Å²) in [6.07, 6.45) is -1.98. The molecule has 0 unspecified atom stereocenters. The lowest BCUT2D eigenvalue weighted by molar-refractivity contribution is -0.274. The molecule has 0 bridgehead atoms. The van der Waals surface area contributed by atoms with E-state index >= 15 is 0 Å². The van der Waals surface area contributed by atoms with Gasteiger partial charge in [-0.25, -0.2) is 0 Å². The minimum atomic E-state index is -4.79. The predicted molar refractivity (Wildman–Crippen MR) is 104 cm³/mol. The van der Waals surface area contributed by atoms with Gasteiger partial charge in [0.2, 0.25) is 0 Å². The Labute approximate surface area is 171 Å². The number of alkyl halides is 3. The van der Waals surface area contributed by atoms with Crippen LogP contribution in [0, 0.1) is 0 Å². The maximum Gasteiger partial charge on any atom is 0.573 e. The zero-order valence-electron chi connectivity index (χ0n) is 16.3. The lowest BCUT2D eigenvalue weighted by atomic mass is 10.1. The van der Waals surface area contributed by atoms with Crippen molar-refractivity contribution in [1.82, 2.24) is 5.32 Å². The van der Waals surface area contributed by atoms with Crippen molar-refractivity contribution in [2.24, 2.45) is 0 Å². The van der Waals surface area contributed by atoms with E-state index in [1.807, 2.05) is 0 Å². The van der Waals surface area contributed by atoms with Crippen molar-refractivity contribution in [3.05, 3.63) is 59.7 Å². The highest BCUT2D eigenvalue weighted by molar-refractivity contribution is 6.06. The number of hydrogen-bond acceptors (Lipinski definition) is 5.